The van der Waals surface area contributed by atoms with Crippen LogP contribution in [0.1, 0.15) is 50.7 Å². The van der Waals surface area contributed by atoms with Crippen molar-refractivity contribution in [2.75, 3.05) is 0 Å². The molecule has 0 fully saturated rings. The van der Waals surface area contributed by atoms with Crippen LogP contribution in [0.3, 0.4) is 0 Å². The second-order valence-corrected chi connectivity index (χ2v) is 9.70. The fourth-order valence-corrected chi connectivity index (χ4v) is 6.37. The van der Waals surface area contributed by atoms with Gasteiger partial charge in [-0.3, -0.25) is 0 Å². The summed E-state index contributed by atoms with van der Waals surface area (Å²) in [7, 11) is 0. The van der Waals surface area contributed by atoms with Crippen LogP contribution in [0.4, 0.5) is 0 Å². The van der Waals surface area contributed by atoms with Gasteiger partial charge < -0.3 is 0 Å². The fraction of sp³-hybridized carbons (Fsp3) is 0.200. The predicted octanol–water partition coefficient (Wildman–Crippen LogP) is 9.17. The van der Waals surface area contributed by atoms with E-state index >= 15 is 0 Å². The zero-order valence-electron chi connectivity index (χ0n) is 17.9. The summed E-state index contributed by atoms with van der Waals surface area (Å²) in [6.07, 6.45) is 0. The number of rotatable bonds is 2. The molecular weight excluding hydrogens is 360 g/mol. The van der Waals surface area contributed by atoms with Crippen LogP contribution in [-0.4, -0.2) is 0 Å². The van der Waals surface area contributed by atoms with Crippen molar-refractivity contribution in [3.05, 3.63) is 71.8 Å². The molecule has 0 saturated heterocycles. The third-order valence-corrected chi connectivity index (χ3v) is 7.41. The van der Waals surface area contributed by atoms with Gasteiger partial charge in [-0.15, -0.1) is 0 Å². The molecule has 144 valence electrons. The van der Waals surface area contributed by atoms with E-state index in [1.807, 2.05) is 0 Å². The van der Waals surface area contributed by atoms with E-state index in [1.165, 1.54) is 75.8 Å². The molecule has 0 aliphatic rings. The van der Waals surface area contributed by atoms with Gasteiger partial charge in [-0.1, -0.05) is 88.4 Å². The molecule has 0 atom stereocenters. The second-order valence-electron chi connectivity index (χ2n) is 9.70. The van der Waals surface area contributed by atoms with Crippen LogP contribution < -0.4 is 0 Å². The van der Waals surface area contributed by atoms with Crippen molar-refractivity contribution in [3.8, 4) is 0 Å². The second kappa shape index (κ2) is 5.32. The van der Waals surface area contributed by atoms with Gasteiger partial charge in [0.25, 0.3) is 0 Å². The number of hydrogen-bond donors (Lipinski definition) is 0. The first kappa shape index (κ1) is 16.7. The lowest BCUT2D eigenvalue weighted by Gasteiger charge is -2.27. The number of benzene rings is 7. The maximum absolute atomic E-state index is 2.40. The molecule has 0 heteroatoms. The molecule has 0 radical (unpaired) electrons. The summed E-state index contributed by atoms with van der Waals surface area (Å²) in [5.74, 6) is 0.985. The normalized spacial score (nSPS) is 13.3. The van der Waals surface area contributed by atoms with Gasteiger partial charge in [-0.25, -0.2) is 0 Å². The van der Waals surface area contributed by atoms with Crippen LogP contribution in [0.25, 0.3) is 64.6 Å². The topological polar surface area (TPSA) is 0 Å². The van der Waals surface area contributed by atoms with Crippen molar-refractivity contribution in [3.63, 3.8) is 0 Å². The summed E-state index contributed by atoms with van der Waals surface area (Å²) < 4.78 is 0. The summed E-state index contributed by atoms with van der Waals surface area (Å²) in [6, 6.07) is 23.4. The first-order valence-electron chi connectivity index (χ1n) is 11.2. The van der Waals surface area contributed by atoms with Crippen molar-refractivity contribution in [1.82, 2.24) is 0 Å². The Bertz CT molecular complexity index is 1590. The SMILES string of the molecule is CC(C)c1c(C(C)C)c2ccc3ccc4ccc5ccc6ccc1c1c6c5c4c3c21. The molecule has 0 unspecified atom stereocenters. The summed E-state index contributed by atoms with van der Waals surface area (Å²) in [4.78, 5) is 0. The quantitative estimate of drug-likeness (QED) is 0.206. The summed E-state index contributed by atoms with van der Waals surface area (Å²) in [5, 5.41) is 17.2. The summed E-state index contributed by atoms with van der Waals surface area (Å²) in [6.45, 7) is 9.43. The van der Waals surface area contributed by atoms with Gasteiger partial charge >= 0.3 is 0 Å². The Morgan fingerprint density at radius 2 is 0.633 bits per heavy atom. The lowest BCUT2D eigenvalue weighted by Crippen LogP contribution is -2.04. The van der Waals surface area contributed by atoms with Crippen molar-refractivity contribution in [2.24, 2.45) is 0 Å². The van der Waals surface area contributed by atoms with Crippen molar-refractivity contribution < 1.29 is 0 Å². The highest BCUT2D eigenvalue weighted by molar-refractivity contribution is 6.45. The van der Waals surface area contributed by atoms with E-state index in [0.717, 1.165) is 0 Å². The van der Waals surface area contributed by atoms with E-state index in [9.17, 15) is 0 Å². The Balaban J connectivity index is 1.99. The smallest absolute Gasteiger partial charge is 0.00108 e. The Labute approximate surface area is 176 Å². The molecule has 0 aliphatic heterocycles. The zero-order chi connectivity index (χ0) is 20.3. The average Bonchev–Trinajstić information content (AvgIpc) is 2.75. The summed E-state index contributed by atoms with van der Waals surface area (Å²) >= 11 is 0. The maximum Gasteiger partial charge on any atom is -0.00108 e. The largest absolute Gasteiger partial charge is 0.0586 e. The Morgan fingerprint density at radius 3 is 0.933 bits per heavy atom. The van der Waals surface area contributed by atoms with Crippen LogP contribution >= 0.6 is 0 Å². The highest BCUT2D eigenvalue weighted by Crippen LogP contribution is 2.51. The van der Waals surface area contributed by atoms with Gasteiger partial charge in [-0.05, 0) is 87.6 Å². The molecule has 0 nitrogen and oxygen atoms in total. The molecule has 0 aliphatic carbocycles. The molecule has 0 spiro atoms. The predicted molar refractivity (Wildman–Crippen MR) is 133 cm³/mol. The van der Waals surface area contributed by atoms with Crippen molar-refractivity contribution >= 4 is 64.6 Å². The highest BCUT2D eigenvalue weighted by Gasteiger charge is 2.25. The first-order valence-corrected chi connectivity index (χ1v) is 11.2. The van der Waals surface area contributed by atoms with Gasteiger partial charge in [-0.2, -0.15) is 0 Å². The third kappa shape index (κ3) is 1.76. The van der Waals surface area contributed by atoms with Gasteiger partial charge in [0.05, 0.1) is 0 Å². The highest BCUT2D eigenvalue weighted by atomic mass is 14.3. The molecule has 7 rings (SSSR count). The Morgan fingerprint density at radius 1 is 0.367 bits per heavy atom. The van der Waals surface area contributed by atoms with E-state index < -0.39 is 0 Å². The van der Waals surface area contributed by atoms with Gasteiger partial charge in [0, 0.05) is 0 Å². The van der Waals surface area contributed by atoms with Gasteiger partial charge in [0.1, 0.15) is 0 Å². The molecule has 0 amide bonds. The molecule has 7 aromatic carbocycles. The monoisotopic (exact) mass is 384 g/mol. The van der Waals surface area contributed by atoms with E-state index in [4.69, 9.17) is 0 Å². The average molecular weight is 385 g/mol. The maximum atomic E-state index is 2.40. The standard InChI is InChI=1S/C30H24/c1-15(2)23-21-13-11-19-9-7-17-5-6-18-8-10-20-12-14-22(24(23)16(3)4)30-28(20)26(18)25(17)27(19)29(21)30/h5-16H,1-4H3. The van der Waals surface area contributed by atoms with E-state index in [1.54, 1.807) is 0 Å². The van der Waals surface area contributed by atoms with E-state index in [2.05, 4.69) is 88.4 Å². The van der Waals surface area contributed by atoms with Crippen LogP contribution in [0.2, 0.25) is 0 Å². The van der Waals surface area contributed by atoms with E-state index in [0.29, 0.717) is 11.8 Å². The summed E-state index contributed by atoms with van der Waals surface area (Å²) in [5.41, 5.74) is 3.08. The van der Waals surface area contributed by atoms with Crippen LogP contribution in [0.5, 0.6) is 0 Å². The lowest BCUT2D eigenvalue weighted by molar-refractivity contribution is 0.805. The van der Waals surface area contributed by atoms with Crippen LogP contribution in [-0.2, 0) is 0 Å². The minimum absolute atomic E-state index is 0.493. The lowest BCUT2D eigenvalue weighted by atomic mass is 9.76. The number of hydrogen-bond acceptors (Lipinski definition) is 0. The Hall–Kier alpha value is -3.12. The Kier molecular flexibility index (Phi) is 2.95. The molecule has 0 N–H and O–H groups in total. The van der Waals surface area contributed by atoms with Crippen molar-refractivity contribution in [1.29, 1.82) is 0 Å². The first-order chi connectivity index (χ1) is 14.6. The fourth-order valence-electron chi connectivity index (χ4n) is 6.37. The van der Waals surface area contributed by atoms with Gasteiger partial charge in [0.2, 0.25) is 0 Å². The molecule has 0 saturated carbocycles. The minimum Gasteiger partial charge on any atom is -0.0586 e. The molecular formula is C30H24. The van der Waals surface area contributed by atoms with Crippen LogP contribution in [0.15, 0.2) is 60.7 Å². The minimum atomic E-state index is 0.493. The van der Waals surface area contributed by atoms with Gasteiger partial charge in [0.15, 0.2) is 0 Å². The van der Waals surface area contributed by atoms with Crippen LogP contribution in [0, 0.1) is 0 Å². The third-order valence-electron chi connectivity index (χ3n) is 7.41. The molecule has 30 heavy (non-hydrogen) atoms. The molecule has 7 aromatic rings. The van der Waals surface area contributed by atoms with E-state index in [-0.39, 0.29) is 0 Å². The van der Waals surface area contributed by atoms with Crippen molar-refractivity contribution in [2.45, 2.75) is 39.5 Å². The zero-order valence-corrected chi connectivity index (χ0v) is 17.9. The molecule has 0 heterocycles. The molecule has 0 aromatic heterocycles. The molecule has 0 bridgehead atoms.